The minimum absolute atomic E-state index is 0.333. The van der Waals surface area contributed by atoms with Crippen LogP contribution in [0.2, 0.25) is 0 Å². The Balaban J connectivity index is 2.20. The van der Waals surface area contributed by atoms with Crippen LogP contribution >= 0.6 is 31.9 Å². The predicted octanol–water partition coefficient (Wildman–Crippen LogP) is 6.46. The van der Waals surface area contributed by atoms with Gasteiger partial charge in [-0.3, -0.25) is 0 Å². The third-order valence-electron chi connectivity index (χ3n) is 5.97. The molecule has 0 heterocycles. The smallest absolute Gasteiger partial charge is 0.0925 e. The Kier molecular flexibility index (Phi) is 9.60. The number of halogens is 2. The molecule has 1 aliphatic rings. The number of aliphatic hydroxyl groups is 1. The molecule has 0 radical (unpaired) electrons. The van der Waals surface area contributed by atoms with Gasteiger partial charge in [-0.2, -0.15) is 0 Å². The zero-order valence-corrected chi connectivity index (χ0v) is 20.1. The van der Waals surface area contributed by atoms with Gasteiger partial charge in [0, 0.05) is 8.95 Å². The molecule has 27 heavy (non-hydrogen) atoms. The average Bonchev–Trinajstić information content (AvgIpc) is 2.66. The highest BCUT2D eigenvalue weighted by molar-refractivity contribution is 9.11. The second-order valence-corrected chi connectivity index (χ2v) is 9.77. The summed E-state index contributed by atoms with van der Waals surface area (Å²) in [5, 5.41) is 11.9. The summed E-state index contributed by atoms with van der Waals surface area (Å²) in [7, 11) is 0. The molecule has 3 N–H and O–H groups in total. The molecule has 0 spiro atoms. The lowest BCUT2D eigenvalue weighted by atomic mass is 9.71. The molecule has 1 fully saturated rings. The van der Waals surface area contributed by atoms with E-state index in [1.807, 2.05) is 12.1 Å². The molecular formula is C22H36Br2N2O. The van der Waals surface area contributed by atoms with Gasteiger partial charge in [0.05, 0.1) is 11.3 Å². The van der Waals surface area contributed by atoms with Crippen LogP contribution in [0.1, 0.15) is 77.2 Å². The van der Waals surface area contributed by atoms with Gasteiger partial charge in [-0.05, 0) is 114 Å². The van der Waals surface area contributed by atoms with Crippen LogP contribution in [0.5, 0.6) is 0 Å². The lowest BCUT2D eigenvalue weighted by Crippen LogP contribution is -2.38. The summed E-state index contributed by atoms with van der Waals surface area (Å²) < 4.78 is 1.72. The van der Waals surface area contributed by atoms with Gasteiger partial charge in [0.25, 0.3) is 0 Å². The van der Waals surface area contributed by atoms with Crippen LogP contribution in [0.25, 0.3) is 0 Å². The van der Waals surface area contributed by atoms with Gasteiger partial charge in [0.1, 0.15) is 0 Å². The Morgan fingerprint density at radius 1 is 1.04 bits per heavy atom. The molecule has 1 saturated carbocycles. The summed E-state index contributed by atoms with van der Waals surface area (Å²) >= 11 is 7.14. The van der Waals surface area contributed by atoms with Crippen molar-refractivity contribution in [1.82, 2.24) is 4.90 Å². The number of nitrogens with two attached hydrogens (primary N) is 1. The largest absolute Gasteiger partial charge is 0.397 e. The summed E-state index contributed by atoms with van der Waals surface area (Å²) in [5.41, 5.74) is 7.02. The van der Waals surface area contributed by atoms with Crippen LogP contribution in [-0.2, 0) is 5.60 Å². The first-order valence-corrected chi connectivity index (χ1v) is 12.2. The van der Waals surface area contributed by atoms with E-state index in [4.69, 9.17) is 5.73 Å². The van der Waals surface area contributed by atoms with Crippen LogP contribution in [-0.4, -0.2) is 29.6 Å². The summed E-state index contributed by atoms with van der Waals surface area (Å²) in [4.78, 5) is 2.54. The Hall–Kier alpha value is -0.100. The van der Waals surface area contributed by atoms with Gasteiger partial charge < -0.3 is 15.7 Å². The van der Waals surface area contributed by atoms with Gasteiger partial charge in [0.2, 0.25) is 0 Å². The van der Waals surface area contributed by atoms with E-state index in [1.165, 1.54) is 32.1 Å². The standard InChI is InChI=1S/C22H36Br2N2O/c1-3-12-26(13-4-2)14-8-11-22(27,17-9-6-5-7-10-17)18-15-19(23)21(25)20(24)16-18/h15-17,27H,3-14,25H2,1-2H3. The fourth-order valence-electron chi connectivity index (χ4n) is 4.54. The fourth-order valence-corrected chi connectivity index (χ4v) is 5.73. The first kappa shape index (κ1) is 23.2. The maximum absolute atomic E-state index is 11.9. The summed E-state index contributed by atoms with van der Waals surface area (Å²) in [5.74, 6) is 0.333. The molecule has 0 bridgehead atoms. The number of nitrogen functional groups attached to an aromatic ring is 1. The van der Waals surface area contributed by atoms with Crippen LogP contribution in [0.4, 0.5) is 5.69 Å². The fraction of sp³-hybridized carbons (Fsp3) is 0.727. The van der Waals surface area contributed by atoms with Gasteiger partial charge in [-0.25, -0.2) is 0 Å². The Morgan fingerprint density at radius 3 is 2.11 bits per heavy atom. The van der Waals surface area contributed by atoms with Gasteiger partial charge in [0.15, 0.2) is 0 Å². The minimum atomic E-state index is -0.775. The molecule has 1 atom stereocenters. The molecule has 0 aliphatic heterocycles. The van der Waals surface area contributed by atoms with Crippen molar-refractivity contribution in [2.45, 2.75) is 77.2 Å². The second-order valence-electron chi connectivity index (χ2n) is 8.06. The van der Waals surface area contributed by atoms with Crippen LogP contribution in [0.3, 0.4) is 0 Å². The van der Waals surface area contributed by atoms with Gasteiger partial charge >= 0.3 is 0 Å². The molecule has 154 valence electrons. The highest BCUT2D eigenvalue weighted by atomic mass is 79.9. The van der Waals surface area contributed by atoms with Crippen LogP contribution in [0.15, 0.2) is 21.1 Å². The lowest BCUT2D eigenvalue weighted by Gasteiger charge is -2.40. The van der Waals surface area contributed by atoms with E-state index in [1.54, 1.807) is 0 Å². The number of hydrogen-bond acceptors (Lipinski definition) is 3. The minimum Gasteiger partial charge on any atom is -0.397 e. The Morgan fingerprint density at radius 2 is 1.59 bits per heavy atom. The van der Waals surface area contributed by atoms with Crippen molar-refractivity contribution in [3.8, 4) is 0 Å². The maximum Gasteiger partial charge on any atom is 0.0925 e. The number of hydrogen-bond donors (Lipinski definition) is 2. The van der Waals surface area contributed by atoms with Crippen LogP contribution < -0.4 is 5.73 Å². The van der Waals surface area contributed by atoms with Crippen molar-refractivity contribution in [3.05, 3.63) is 26.6 Å². The molecule has 1 aromatic carbocycles. The first-order valence-electron chi connectivity index (χ1n) is 10.6. The number of anilines is 1. The molecule has 2 rings (SSSR count). The Labute approximate surface area is 182 Å². The second kappa shape index (κ2) is 11.2. The third-order valence-corrected chi connectivity index (χ3v) is 7.28. The van der Waals surface area contributed by atoms with Gasteiger partial charge in [-0.1, -0.05) is 33.1 Å². The molecule has 0 amide bonds. The number of benzene rings is 1. The highest BCUT2D eigenvalue weighted by Crippen LogP contribution is 2.45. The normalized spacial score (nSPS) is 18.0. The molecule has 1 aliphatic carbocycles. The lowest BCUT2D eigenvalue weighted by molar-refractivity contribution is -0.0490. The number of nitrogens with zero attached hydrogens (tertiary/aromatic N) is 1. The highest BCUT2D eigenvalue weighted by Gasteiger charge is 2.39. The van der Waals surface area contributed by atoms with Crippen molar-refractivity contribution in [2.75, 3.05) is 25.4 Å². The van der Waals surface area contributed by atoms with Crippen molar-refractivity contribution >= 4 is 37.5 Å². The van der Waals surface area contributed by atoms with E-state index < -0.39 is 5.60 Å². The molecule has 0 aromatic heterocycles. The van der Waals surface area contributed by atoms with E-state index in [0.717, 1.165) is 59.8 Å². The molecule has 5 heteroatoms. The first-order chi connectivity index (χ1) is 12.9. The van der Waals surface area contributed by atoms with E-state index >= 15 is 0 Å². The Bertz CT molecular complexity index is 561. The molecule has 1 unspecified atom stereocenters. The molecule has 3 nitrogen and oxygen atoms in total. The molecule has 0 saturated heterocycles. The van der Waals surface area contributed by atoms with E-state index in [-0.39, 0.29) is 0 Å². The summed E-state index contributed by atoms with van der Waals surface area (Å²) in [6.07, 6.45) is 10.2. The van der Waals surface area contributed by atoms with Crippen LogP contribution in [0, 0.1) is 5.92 Å². The van der Waals surface area contributed by atoms with Crippen molar-refractivity contribution in [3.63, 3.8) is 0 Å². The van der Waals surface area contributed by atoms with Gasteiger partial charge in [-0.15, -0.1) is 0 Å². The van der Waals surface area contributed by atoms with Crippen molar-refractivity contribution in [2.24, 2.45) is 5.92 Å². The molecule has 1 aromatic rings. The third kappa shape index (κ3) is 6.19. The average molecular weight is 504 g/mol. The SMILES string of the molecule is CCCN(CCC)CCCC(O)(c1cc(Br)c(N)c(Br)c1)C1CCCCC1. The predicted molar refractivity (Wildman–Crippen MR) is 123 cm³/mol. The quantitative estimate of drug-likeness (QED) is 0.360. The topological polar surface area (TPSA) is 49.5 Å². The summed E-state index contributed by atoms with van der Waals surface area (Å²) in [6.45, 7) is 7.84. The van der Waals surface area contributed by atoms with Crippen molar-refractivity contribution < 1.29 is 5.11 Å². The zero-order valence-electron chi connectivity index (χ0n) is 16.9. The van der Waals surface area contributed by atoms with Crippen molar-refractivity contribution in [1.29, 1.82) is 0 Å². The van der Waals surface area contributed by atoms with E-state index in [9.17, 15) is 5.11 Å². The number of rotatable bonds is 10. The zero-order chi connectivity index (χ0) is 19.9. The van der Waals surface area contributed by atoms with E-state index in [2.05, 4.69) is 50.6 Å². The monoisotopic (exact) mass is 502 g/mol. The maximum atomic E-state index is 11.9. The van der Waals surface area contributed by atoms with E-state index in [0.29, 0.717) is 11.6 Å². The summed E-state index contributed by atoms with van der Waals surface area (Å²) in [6, 6.07) is 4.06. The molecular weight excluding hydrogens is 468 g/mol.